The number of hydroxylamine groups is 2. The highest BCUT2D eigenvalue weighted by atomic mass is 16.7. The lowest BCUT2D eigenvalue weighted by molar-refractivity contribution is -0.199. The lowest BCUT2D eigenvalue weighted by atomic mass is 10.2. The van der Waals surface area contributed by atoms with Crippen LogP contribution >= 0.6 is 0 Å². The molecule has 0 aliphatic carbocycles. The van der Waals surface area contributed by atoms with Crippen LogP contribution in [0.25, 0.3) is 0 Å². The number of hydrogen-bond donors (Lipinski definition) is 1. The van der Waals surface area contributed by atoms with E-state index in [0.717, 1.165) is 5.56 Å². The molecule has 1 heterocycles. The van der Waals surface area contributed by atoms with Gasteiger partial charge in [0.15, 0.2) is 0 Å². The lowest BCUT2D eigenvalue weighted by Crippen LogP contribution is -2.46. The topological polar surface area (TPSA) is 128 Å². The van der Waals surface area contributed by atoms with Gasteiger partial charge in [0.05, 0.1) is 6.42 Å². The van der Waals surface area contributed by atoms with Gasteiger partial charge in [0.1, 0.15) is 19.3 Å². The van der Waals surface area contributed by atoms with Crippen LogP contribution in [-0.2, 0) is 46.7 Å². The first-order valence-corrected chi connectivity index (χ1v) is 10.2. The second kappa shape index (κ2) is 11.4. The van der Waals surface area contributed by atoms with Gasteiger partial charge in [0.25, 0.3) is 11.8 Å². The molecule has 1 atom stereocenters. The monoisotopic (exact) mass is 454 g/mol. The molecule has 3 rings (SSSR count). The molecular formula is C23H22N2O8. The van der Waals surface area contributed by atoms with E-state index in [1.54, 1.807) is 54.6 Å². The number of imide groups is 1. The number of esters is 1. The first kappa shape index (κ1) is 23.5. The van der Waals surface area contributed by atoms with E-state index in [-0.39, 0.29) is 26.1 Å². The summed E-state index contributed by atoms with van der Waals surface area (Å²) in [7, 11) is 0. The summed E-state index contributed by atoms with van der Waals surface area (Å²) < 4.78 is 10.2. The molecule has 0 radical (unpaired) electrons. The number of benzene rings is 2. The molecule has 0 spiro atoms. The highest BCUT2D eigenvalue weighted by molar-refractivity contribution is 6.02. The summed E-state index contributed by atoms with van der Waals surface area (Å²) in [5, 5.41) is 2.57. The van der Waals surface area contributed by atoms with E-state index in [9.17, 15) is 24.0 Å². The van der Waals surface area contributed by atoms with Crippen LogP contribution in [0, 0.1) is 0 Å². The largest absolute Gasteiger partial charge is 0.461 e. The average Bonchev–Trinajstić information content (AvgIpc) is 3.14. The number of nitrogens with one attached hydrogen (secondary N) is 1. The van der Waals surface area contributed by atoms with Crippen LogP contribution in [0.3, 0.4) is 0 Å². The van der Waals surface area contributed by atoms with E-state index in [0.29, 0.717) is 10.6 Å². The van der Waals surface area contributed by atoms with Crippen LogP contribution in [-0.4, -0.2) is 41.0 Å². The third kappa shape index (κ3) is 7.17. The van der Waals surface area contributed by atoms with Crippen LogP contribution in [0.5, 0.6) is 0 Å². The fraction of sp³-hybridized carbons (Fsp3) is 0.261. The standard InChI is InChI=1S/C23H22N2O8/c26-19-11-12-20(27)25(19)33-22(29)18(13-21(28)31-14-16-7-3-1-4-8-16)24-23(30)32-15-17-9-5-2-6-10-17/h1-10,18H,11-15H2,(H,24,30)/t18-/m0/s1. The molecule has 10 heteroatoms. The van der Waals surface area contributed by atoms with Crippen molar-refractivity contribution in [1.29, 1.82) is 0 Å². The number of rotatable bonds is 9. The van der Waals surface area contributed by atoms with Crippen LogP contribution in [0.2, 0.25) is 0 Å². The van der Waals surface area contributed by atoms with Crippen molar-refractivity contribution in [1.82, 2.24) is 10.4 Å². The predicted octanol–water partition coefficient (Wildman–Crippen LogP) is 2.02. The van der Waals surface area contributed by atoms with E-state index < -0.39 is 42.3 Å². The van der Waals surface area contributed by atoms with Gasteiger partial charge in [0, 0.05) is 12.8 Å². The minimum Gasteiger partial charge on any atom is -0.461 e. The van der Waals surface area contributed by atoms with Crippen molar-refractivity contribution in [3.8, 4) is 0 Å². The van der Waals surface area contributed by atoms with Crippen molar-refractivity contribution in [2.75, 3.05) is 0 Å². The second-order valence-electron chi connectivity index (χ2n) is 7.10. The predicted molar refractivity (Wildman–Crippen MR) is 112 cm³/mol. The van der Waals surface area contributed by atoms with Crippen molar-refractivity contribution >= 4 is 29.8 Å². The highest BCUT2D eigenvalue weighted by Crippen LogP contribution is 2.14. The van der Waals surface area contributed by atoms with Gasteiger partial charge in [-0.15, -0.1) is 5.06 Å². The molecule has 0 aromatic heterocycles. The van der Waals surface area contributed by atoms with Crippen molar-refractivity contribution in [3.05, 3.63) is 71.8 Å². The molecule has 2 aromatic rings. The number of carbonyl (C=O) groups is 5. The first-order valence-electron chi connectivity index (χ1n) is 10.2. The van der Waals surface area contributed by atoms with Gasteiger partial charge in [-0.3, -0.25) is 14.4 Å². The molecule has 33 heavy (non-hydrogen) atoms. The van der Waals surface area contributed by atoms with Gasteiger partial charge in [-0.2, -0.15) is 0 Å². The van der Waals surface area contributed by atoms with Gasteiger partial charge < -0.3 is 19.6 Å². The fourth-order valence-electron chi connectivity index (χ4n) is 2.88. The quantitative estimate of drug-likeness (QED) is 0.450. The second-order valence-corrected chi connectivity index (χ2v) is 7.10. The van der Waals surface area contributed by atoms with Crippen molar-refractivity contribution in [2.45, 2.75) is 38.5 Å². The van der Waals surface area contributed by atoms with Gasteiger partial charge in [-0.1, -0.05) is 60.7 Å². The Morgan fingerprint density at radius 2 is 1.33 bits per heavy atom. The summed E-state index contributed by atoms with van der Waals surface area (Å²) in [6.45, 7) is -0.112. The van der Waals surface area contributed by atoms with Gasteiger partial charge in [-0.05, 0) is 11.1 Å². The molecule has 10 nitrogen and oxygen atoms in total. The Labute approximate surface area is 189 Å². The zero-order valence-corrected chi connectivity index (χ0v) is 17.6. The number of ether oxygens (including phenoxy) is 2. The molecule has 1 aliphatic heterocycles. The first-order chi connectivity index (χ1) is 15.9. The number of carbonyl (C=O) groups excluding carboxylic acids is 5. The molecule has 1 fully saturated rings. The maximum atomic E-state index is 12.6. The fourth-order valence-corrected chi connectivity index (χ4v) is 2.88. The van der Waals surface area contributed by atoms with Crippen molar-refractivity contribution in [3.63, 3.8) is 0 Å². The Hall–Kier alpha value is -4.21. The maximum absolute atomic E-state index is 12.6. The maximum Gasteiger partial charge on any atom is 0.408 e. The third-order valence-electron chi connectivity index (χ3n) is 4.59. The van der Waals surface area contributed by atoms with Crippen LogP contribution in [0.4, 0.5) is 4.79 Å². The Balaban J connectivity index is 1.60. The molecule has 1 aliphatic rings. The zero-order valence-electron chi connectivity index (χ0n) is 17.6. The summed E-state index contributed by atoms with van der Waals surface area (Å²) in [6, 6.07) is 16.1. The molecular weight excluding hydrogens is 432 g/mol. The summed E-state index contributed by atoms with van der Waals surface area (Å²) in [4.78, 5) is 65.4. The summed E-state index contributed by atoms with van der Waals surface area (Å²) in [5.74, 6) is -3.36. The van der Waals surface area contributed by atoms with E-state index in [1.807, 2.05) is 6.07 Å². The van der Waals surface area contributed by atoms with Crippen LogP contribution < -0.4 is 5.32 Å². The summed E-state index contributed by atoms with van der Waals surface area (Å²) in [6.07, 6.45) is -1.77. The molecule has 172 valence electrons. The minimum atomic E-state index is -1.54. The Morgan fingerprint density at radius 1 is 0.818 bits per heavy atom. The molecule has 1 saturated heterocycles. The Bertz CT molecular complexity index is 936. The van der Waals surface area contributed by atoms with E-state index in [2.05, 4.69) is 5.32 Å². The third-order valence-corrected chi connectivity index (χ3v) is 4.59. The van der Waals surface area contributed by atoms with E-state index in [4.69, 9.17) is 14.3 Å². The van der Waals surface area contributed by atoms with Crippen molar-refractivity contribution in [2.24, 2.45) is 0 Å². The molecule has 0 unspecified atom stereocenters. The molecule has 2 aromatic carbocycles. The average molecular weight is 454 g/mol. The van der Waals surface area contributed by atoms with Crippen molar-refractivity contribution < 1.29 is 38.3 Å². The Kier molecular flexibility index (Phi) is 8.12. The number of hydrogen-bond acceptors (Lipinski definition) is 8. The van der Waals surface area contributed by atoms with E-state index in [1.165, 1.54) is 0 Å². The summed E-state index contributed by atoms with van der Waals surface area (Å²) >= 11 is 0. The SMILES string of the molecule is O=C(C[C@H](NC(=O)OCc1ccccc1)C(=O)ON1C(=O)CCC1=O)OCc1ccccc1. The molecule has 0 saturated carbocycles. The molecule has 1 N–H and O–H groups in total. The van der Waals surface area contributed by atoms with Gasteiger partial charge in [-0.25, -0.2) is 9.59 Å². The minimum absolute atomic E-state index is 0.0387. The van der Waals surface area contributed by atoms with Gasteiger partial charge >= 0.3 is 18.0 Å². The smallest absolute Gasteiger partial charge is 0.408 e. The molecule has 3 amide bonds. The zero-order chi connectivity index (χ0) is 23.6. The number of alkyl carbamates (subject to hydrolysis) is 1. The van der Waals surface area contributed by atoms with Crippen LogP contribution in [0.1, 0.15) is 30.4 Å². The Morgan fingerprint density at radius 3 is 1.88 bits per heavy atom. The normalized spacial score (nSPS) is 13.9. The van der Waals surface area contributed by atoms with Gasteiger partial charge in [0.2, 0.25) is 0 Å². The summed E-state index contributed by atoms with van der Waals surface area (Å²) in [5.41, 5.74) is 1.44. The lowest BCUT2D eigenvalue weighted by Gasteiger charge is -2.19. The highest BCUT2D eigenvalue weighted by Gasteiger charge is 2.36. The van der Waals surface area contributed by atoms with Crippen LogP contribution in [0.15, 0.2) is 60.7 Å². The number of nitrogens with zero attached hydrogens (tertiary/aromatic N) is 1. The molecule has 0 bridgehead atoms. The van der Waals surface area contributed by atoms with E-state index >= 15 is 0 Å². The number of amides is 3.